The molecule has 4 N–H and O–H groups in total. The van der Waals surface area contributed by atoms with E-state index in [0.717, 1.165) is 42.8 Å². The maximum absolute atomic E-state index is 12.3. The summed E-state index contributed by atoms with van der Waals surface area (Å²) in [6.45, 7) is 8.88. The highest BCUT2D eigenvalue weighted by Gasteiger charge is 2.20. The molecule has 1 amide bonds. The summed E-state index contributed by atoms with van der Waals surface area (Å²) in [6, 6.07) is 12.8. The average molecular weight is 466 g/mol. The summed E-state index contributed by atoms with van der Waals surface area (Å²) < 4.78 is 0. The lowest BCUT2D eigenvalue weighted by Crippen LogP contribution is -2.33. The van der Waals surface area contributed by atoms with E-state index in [1.807, 2.05) is 0 Å². The third kappa shape index (κ3) is 5.33. The first-order valence-corrected chi connectivity index (χ1v) is 11.9. The van der Waals surface area contributed by atoms with Crippen LogP contribution in [0.25, 0.3) is 0 Å². The van der Waals surface area contributed by atoms with Gasteiger partial charge in [0.2, 0.25) is 0 Å². The third-order valence-corrected chi connectivity index (χ3v) is 7.08. The van der Waals surface area contributed by atoms with Gasteiger partial charge in [0.1, 0.15) is 5.56 Å². The van der Waals surface area contributed by atoms with E-state index >= 15 is 0 Å². The Balaban J connectivity index is 1.46. The fraction of sp³-hybridized carbons (Fsp3) is 0.385. The number of hydrogen-bond acceptors (Lipinski definition) is 4. The normalized spacial score (nSPS) is 14.5. The first-order chi connectivity index (χ1) is 15.8. The lowest BCUT2D eigenvalue weighted by atomic mass is 10.0. The molecule has 1 aromatic heterocycles. The monoisotopic (exact) mass is 465 g/mol. The molecular weight excluding hydrogens is 434 g/mol. The highest BCUT2D eigenvalue weighted by Crippen LogP contribution is 2.25. The minimum absolute atomic E-state index is 0.287. The predicted octanol–water partition coefficient (Wildman–Crippen LogP) is 4.84. The largest absolute Gasteiger partial charge is 0.371 e. The zero-order valence-electron chi connectivity index (χ0n) is 19.5. The van der Waals surface area contributed by atoms with Gasteiger partial charge in [-0.25, -0.2) is 0 Å². The van der Waals surface area contributed by atoms with Crippen LogP contribution in [0.4, 0.5) is 11.5 Å². The summed E-state index contributed by atoms with van der Waals surface area (Å²) in [6.07, 6.45) is 2.58. The number of benzene rings is 2. The number of nitrogens with zero attached hydrogens (tertiary/aromatic N) is 2. The van der Waals surface area contributed by atoms with Crippen LogP contribution in [0.15, 0.2) is 36.4 Å². The molecule has 1 aliphatic heterocycles. The first kappa shape index (κ1) is 23.2. The van der Waals surface area contributed by atoms with E-state index < -0.39 is 5.91 Å². The number of alkyl halides is 1. The molecule has 0 bridgehead atoms. The summed E-state index contributed by atoms with van der Waals surface area (Å²) >= 11 is 6.23. The Labute approximate surface area is 200 Å². The molecule has 33 heavy (non-hydrogen) atoms. The number of anilines is 2. The van der Waals surface area contributed by atoms with Gasteiger partial charge >= 0.3 is 0 Å². The number of aromatic nitrogens is 2. The number of H-pyrrole nitrogens is 1. The summed E-state index contributed by atoms with van der Waals surface area (Å²) in [7, 11) is 0. The molecule has 3 aromatic rings. The zero-order chi connectivity index (χ0) is 23.5. The molecule has 0 aliphatic carbocycles. The molecule has 2 heterocycles. The van der Waals surface area contributed by atoms with Crippen molar-refractivity contribution < 1.29 is 4.79 Å². The second-order valence-electron chi connectivity index (χ2n) is 9.00. The Hall–Kier alpha value is -2.99. The summed E-state index contributed by atoms with van der Waals surface area (Å²) in [5, 5.41) is 10.9. The smallest absolute Gasteiger partial charge is 0.254 e. The Morgan fingerprint density at radius 3 is 2.36 bits per heavy atom. The van der Waals surface area contributed by atoms with Crippen LogP contribution < -0.4 is 16.0 Å². The summed E-state index contributed by atoms with van der Waals surface area (Å²) in [4.78, 5) is 14.6. The fourth-order valence-corrected chi connectivity index (χ4v) is 4.64. The number of nitrogens with one attached hydrogen (secondary N) is 2. The predicted molar refractivity (Wildman–Crippen MR) is 135 cm³/mol. The molecule has 7 heteroatoms. The summed E-state index contributed by atoms with van der Waals surface area (Å²) in [5.41, 5.74) is 14.1. The van der Waals surface area contributed by atoms with Gasteiger partial charge in [0.15, 0.2) is 5.82 Å². The molecule has 6 nitrogen and oxygen atoms in total. The topological polar surface area (TPSA) is 87.0 Å². The van der Waals surface area contributed by atoms with E-state index in [1.165, 1.54) is 22.4 Å². The van der Waals surface area contributed by atoms with Crippen LogP contribution in [0, 0.1) is 20.8 Å². The highest BCUT2D eigenvalue weighted by atomic mass is 35.5. The molecule has 1 saturated heterocycles. The van der Waals surface area contributed by atoms with Gasteiger partial charge in [0.25, 0.3) is 5.91 Å². The number of nitrogens with two attached hydrogens (primary N) is 1. The Bertz CT molecular complexity index is 1110. The van der Waals surface area contributed by atoms with Crippen molar-refractivity contribution in [1.29, 1.82) is 0 Å². The maximum Gasteiger partial charge on any atom is 0.254 e. The van der Waals surface area contributed by atoms with Gasteiger partial charge in [0.05, 0.1) is 5.69 Å². The number of halogens is 1. The first-order valence-electron chi connectivity index (χ1n) is 11.5. The molecule has 0 saturated carbocycles. The highest BCUT2D eigenvalue weighted by molar-refractivity contribution is 6.20. The Morgan fingerprint density at radius 1 is 1.12 bits per heavy atom. The minimum Gasteiger partial charge on any atom is -0.371 e. The van der Waals surface area contributed by atoms with Gasteiger partial charge < -0.3 is 16.0 Å². The number of primary amides is 1. The lowest BCUT2D eigenvalue weighted by molar-refractivity contribution is 0.100. The van der Waals surface area contributed by atoms with E-state index in [1.54, 1.807) is 0 Å². The number of rotatable bonds is 7. The second kappa shape index (κ2) is 9.87. The van der Waals surface area contributed by atoms with Crippen LogP contribution in [0.1, 0.15) is 56.7 Å². The van der Waals surface area contributed by atoms with Crippen LogP contribution in [0.2, 0.25) is 0 Å². The quantitative estimate of drug-likeness (QED) is 0.435. The van der Waals surface area contributed by atoms with E-state index in [2.05, 4.69) is 77.6 Å². The Morgan fingerprint density at radius 2 is 1.76 bits per heavy atom. The van der Waals surface area contributed by atoms with Crippen molar-refractivity contribution in [2.24, 2.45) is 5.73 Å². The molecule has 1 aliphatic rings. The van der Waals surface area contributed by atoms with Crippen LogP contribution in [-0.2, 0) is 13.0 Å². The number of carbonyl (C=O) groups is 1. The third-order valence-electron chi connectivity index (χ3n) is 6.64. The maximum atomic E-state index is 12.3. The molecule has 0 radical (unpaired) electrons. The van der Waals surface area contributed by atoms with Gasteiger partial charge in [-0.15, -0.1) is 11.6 Å². The molecular formula is C26H32ClN5O. The van der Waals surface area contributed by atoms with Crippen molar-refractivity contribution in [2.75, 3.05) is 23.3 Å². The van der Waals surface area contributed by atoms with E-state index in [-0.39, 0.29) is 5.38 Å². The molecule has 0 spiro atoms. The molecule has 4 rings (SSSR count). The number of hydrogen-bond donors (Lipinski definition) is 3. The van der Waals surface area contributed by atoms with Gasteiger partial charge in [-0.3, -0.25) is 9.89 Å². The molecule has 174 valence electrons. The zero-order valence-corrected chi connectivity index (χ0v) is 20.3. The molecule has 0 unspecified atom stereocenters. The molecule has 0 atom stereocenters. The van der Waals surface area contributed by atoms with Gasteiger partial charge in [-0.05, 0) is 73.6 Å². The second-order valence-corrected chi connectivity index (χ2v) is 9.62. The SMILES string of the molecule is Cc1cc(CNc2n[nH]c(Cc3ccc(N4CCC(Cl)CC4)cc3)c2C(N)=O)cc(C)c1C. The van der Waals surface area contributed by atoms with Crippen LogP contribution in [0.3, 0.4) is 0 Å². The van der Waals surface area contributed by atoms with Crippen molar-refractivity contribution in [2.45, 2.75) is 52.0 Å². The van der Waals surface area contributed by atoms with Crippen LogP contribution in [0.5, 0.6) is 0 Å². The van der Waals surface area contributed by atoms with Crippen molar-refractivity contribution in [3.8, 4) is 0 Å². The van der Waals surface area contributed by atoms with Crippen LogP contribution in [-0.4, -0.2) is 34.6 Å². The van der Waals surface area contributed by atoms with Crippen molar-refractivity contribution in [3.05, 3.63) is 75.5 Å². The van der Waals surface area contributed by atoms with Crippen molar-refractivity contribution in [3.63, 3.8) is 0 Å². The Kier molecular flexibility index (Phi) is 6.94. The lowest BCUT2D eigenvalue weighted by Gasteiger charge is -2.31. The molecule has 2 aromatic carbocycles. The average Bonchev–Trinajstić information content (AvgIpc) is 3.19. The van der Waals surface area contributed by atoms with Crippen LogP contribution >= 0.6 is 11.6 Å². The number of aromatic amines is 1. The van der Waals surface area contributed by atoms with Gasteiger partial charge in [-0.1, -0.05) is 24.3 Å². The van der Waals surface area contributed by atoms with E-state index in [9.17, 15) is 4.79 Å². The van der Waals surface area contributed by atoms with Crippen molar-refractivity contribution in [1.82, 2.24) is 10.2 Å². The molecule has 1 fully saturated rings. The number of piperidine rings is 1. The van der Waals surface area contributed by atoms with E-state index in [4.69, 9.17) is 17.3 Å². The minimum atomic E-state index is -0.488. The number of amides is 1. The standard InChI is InChI=1S/C26H32ClN5O/c1-16-12-20(13-17(2)18(16)3)15-29-26-24(25(28)33)23(30-31-26)14-19-4-6-22(7-5-19)32-10-8-21(27)9-11-32/h4-7,12-13,21H,8-11,14-15H2,1-3H3,(H2,28,33)(H2,29,30,31). The fourth-order valence-electron chi connectivity index (χ4n) is 4.45. The van der Waals surface area contributed by atoms with Crippen molar-refractivity contribution >= 4 is 29.0 Å². The number of carbonyl (C=O) groups excluding carboxylic acids is 1. The summed E-state index contributed by atoms with van der Waals surface area (Å²) in [5.74, 6) is 0.00651. The van der Waals surface area contributed by atoms with E-state index in [0.29, 0.717) is 24.3 Å². The van der Waals surface area contributed by atoms with Gasteiger partial charge in [0, 0.05) is 37.1 Å². The number of aryl methyl sites for hydroxylation is 2. The van der Waals surface area contributed by atoms with Gasteiger partial charge in [-0.2, -0.15) is 5.10 Å².